The van der Waals surface area contributed by atoms with Gasteiger partial charge in [0.25, 0.3) is 0 Å². The van der Waals surface area contributed by atoms with Crippen LogP contribution in [0.25, 0.3) is 0 Å². The highest BCUT2D eigenvalue weighted by Gasteiger charge is 2.68. The lowest BCUT2D eigenvalue weighted by Gasteiger charge is -2.72. The third-order valence-corrected chi connectivity index (χ3v) is 12.9. The maximum absolute atomic E-state index is 10.9. The van der Waals surface area contributed by atoms with Crippen LogP contribution in [-0.2, 0) is 0 Å². The Kier molecular flexibility index (Phi) is 4.75. The van der Waals surface area contributed by atoms with Crippen LogP contribution in [0.4, 0.5) is 0 Å². The highest BCUT2D eigenvalue weighted by Crippen LogP contribution is 2.76. The standard InChI is InChI=1S/C29H48O/c1-18(2)20-9-8-19-12-16-28(6)21(25(19)20)10-11-23-27(5)15-14-24(30)26(3,4)22(27)13-17-29(23,28)7/h19-25,30H,1,8-17H2,2-7H3/t19-,20?,21?,22?,23?,24+,25?,27+,28-,29-/m1/s1. The molecule has 0 spiro atoms. The monoisotopic (exact) mass is 412 g/mol. The van der Waals surface area contributed by atoms with Crippen molar-refractivity contribution in [3.63, 3.8) is 0 Å². The molecule has 0 aliphatic heterocycles. The lowest BCUT2D eigenvalue weighted by Crippen LogP contribution is -2.65. The van der Waals surface area contributed by atoms with Crippen molar-refractivity contribution in [3.8, 4) is 0 Å². The molecule has 10 atom stereocenters. The first-order valence-electron chi connectivity index (χ1n) is 13.3. The Hall–Kier alpha value is -0.300. The zero-order valence-electron chi connectivity index (χ0n) is 20.8. The summed E-state index contributed by atoms with van der Waals surface area (Å²) in [6.45, 7) is 19.6. The Bertz CT molecular complexity index is 722. The van der Waals surface area contributed by atoms with E-state index in [0.717, 1.165) is 36.0 Å². The van der Waals surface area contributed by atoms with Gasteiger partial charge in [-0.3, -0.25) is 0 Å². The molecule has 5 fully saturated rings. The quantitative estimate of drug-likeness (QED) is 0.439. The SMILES string of the molecule is C=C(C)C1CC[C@@H]2CC[C@]3(C)C(CCC4[C@@]5(C)CC[C@H](O)C(C)(C)C5CC[C@]43C)C12. The average Bonchev–Trinajstić information content (AvgIpc) is 3.10. The van der Waals surface area contributed by atoms with Gasteiger partial charge in [-0.1, -0.05) is 46.8 Å². The van der Waals surface area contributed by atoms with Crippen molar-refractivity contribution in [1.29, 1.82) is 0 Å². The van der Waals surface area contributed by atoms with Crippen LogP contribution < -0.4 is 0 Å². The lowest BCUT2D eigenvalue weighted by atomic mass is 9.33. The molecule has 5 rings (SSSR count). The van der Waals surface area contributed by atoms with Gasteiger partial charge in [0, 0.05) is 0 Å². The molecule has 30 heavy (non-hydrogen) atoms. The Morgan fingerprint density at radius 3 is 2.17 bits per heavy atom. The van der Waals surface area contributed by atoms with Gasteiger partial charge in [-0.25, -0.2) is 0 Å². The summed E-state index contributed by atoms with van der Waals surface area (Å²) in [5.41, 5.74) is 2.90. The van der Waals surface area contributed by atoms with E-state index in [1.54, 1.807) is 0 Å². The van der Waals surface area contributed by atoms with Crippen LogP contribution >= 0.6 is 0 Å². The minimum atomic E-state index is -0.114. The number of aliphatic hydroxyl groups is 1. The summed E-state index contributed by atoms with van der Waals surface area (Å²) < 4.78 is 0. The Morgan fingerprint density at radius 2 is 1.47 bits per heavy atom. The van der Waals surface area contributed by atoms with Crippen molar-refractivity contribution in [1.82, 2.24) is 0 Å². The molecule has 0 aromatic carbocycles. The molecule has 5 aliphatic rings. The van der Waals surface area contributed by atoms with Crippen LogP contribution in [-0.4, -0.2) is 11.2 Å². The van der Waals surface area contributed by atoms with Crippen LogP contribution in [0.5, 0.6) is 0 Å². The summed E-state index contributed by atoms with van der Waals surface area (Å²) in [5.74, 6) is 5.09. The van der Waals surface area contributed by atoms with E-state index in [-0.39, 0.29) is 11.5 Å². The molecule has 0 aromatic heterocycles. The van der Waals surface area contributed by atoms with Gasteiger partial charge < -0.3 is 5.11 Å². The molecule has 5 unspecified atom stereocenters. The summed E-state index contributed by atoms with van der Waals surface area (Å²) in [4.78, 5) is 0. The predicted octanol–water partition coefficient (Wildman–Crippen LogP) is 7.63. The van der Waals surface area contributed by atoms with Crippen molar-refractivity contribution in [3.05, 3.63) is 12.2 Å². The van der Waals surface area contributed by atoms with Crippen LogP contribution in [0.3, 0.4) is 0 Å². The van der Waals surface area contributed by atoms with Gasteiger partial charge in [-0.2, -0.15) is 0 Å². The van der Waals surface area contributed by atoms with Gasteiger partial charge >= 0.3 is 0 Å². The molecule has 5 saturated carbocycles. The predicted molar refractivity (Wildman–Crippen MR) is 126 cm³/mol. The molecule has 0 aromatic rings. The van der Waals surface area contributed by atoms with Gasteiger partial charge in [0.15, 0.2) is 0 Å². The molecule has 5 aliphatic carbocycles. The van der Waals surface area contributed by atoms with Gasteiger partial charge in [0.2, 0.25) is 0 Å². The molecule has 0 saturated heterocycles. The second-order valence-corrected chi connectivity index (χ2v) is 14.0. The Labute approximate surface area is 186 Å². The number of fused-ring (bicyclic) bond motifs is 7. The number of hydrogen-bond acceptors (Lipinski definition) is 1. The number of rotatable bonds is 1. The van der Waals surface area contributed by atoms with Gasteiger partial charge in [0.05, 0.1) is 6.10 Å². The fraction of sp³-hybridized carbons (Fsp3) is 0.931. The maximum Gasteiger partial charge on any atom is 0.0594 e. The fourth-order valence-electron chi connectivity index (χ4n) is 11.2. The lowest BCUT2D eigenvalue weighted by molar-refractivity contribution is -0.240. The first-order valence-corrected chi connectivity index (χ1v) is 13.3. The molecule has 1 N–H and O–H groups in total. The summed E-state index contributed by atoms with van der Waals surface area (Å²) in [6.07, 6.45) is 13.5. The summed E-state index contributed by atoms with van der Waals surface area (Å²) in [7, 11) is 0. The van der Waals surface area contributed by atoms with Crippen molar-refractivity contribution in [2.24, 2.45) is 57.2 Å². The van der Waals surface area contributed by atoms with Crippen molar-refractivity contribution < 1.29 is 5.11 Å². The zero-order chi connectivity index (χ0) is 21.7. The zero-order valence-corrected chi connectivity index (χ0v) is 20.8. The minimum Gasteiger partial charge on any atom is -0.393 e. The van der Waals surface area contributed by atoms with Crippen LogP contribution in [0, 0.1) is 57.2 Å². The van der Waals surface area contributed by atoms with Crippen LogP contribution in [0.15, 0.2) is 12.2 Å². The summed E-state index contributed by atoms with van der Waals surface area (Å²) in [5, 5.41) is 10.9. The normalized spacial score (nSPS) is 57.0. The average molecular weight is 413 g/mol. The Morgan fingerprint density at radius 1 is 0.767 bits per heavy atom. The van der Waals surface area contributed by atoms with E-state index in [2.05, 4.69) is 48.1 Å². The van der Waals surface area contributed by atoms with Crippen LogP contribution in [0.2, 0.25) is 0 Å². The number of aliphatic hydroxyl groups excluding tert-OH is 1. The third-order valence-electron chi connectivity index (χ3n) is 12.9. The van der Waals surface area contributed by atoms with Crippen molar-refractivity contribution in [2.75, 3.05) is 0 Å². The maximum atomic E-state index is 10.9. The van der Waals surface area contributed by atoms with E-state index in [1.165, 1.54) is 63.4 Å². The second kappa shape index (κ2) is 6.61. The molecule has 0 bridgehead atoms. The minimum absolute atomic E-state index is 0.0697. The highest BCUT2D eigenvalue weighted by atomic mass is 16.3. The van der Waals surface area contributed by atoms with Gasteiger partial charge in [-0.15, -0.1) is 0 Å². The summed E-state index contributed by atoms with van der Waals surface area (Å²) in [6, 6.07) is 0. The van der Waals surface area contributed by atoms with E-state index in [0.29, 0.717) is 22.2 Å². The number of allylic oxidation sites excluding steroid dienone is 1. The third kappa shape index (κ3) is 2.51. The van der Waals surface area contributed by atoms with Crippen molar-refractivity contribution in [2.45, 2.75) is 112 Å². The topological polar surface area (TPSA) is 20.2 Å². The van der Waals surface area contributed by atoms with E-state index in [4.69, 9.17) is 0 Å². The first kappa shape index (κ1) is 21.5. The number of hydrogen-bond donors (Lipinski definition) is 1. The van der Waals surface area contributed by atoms with E-state index >= 15 is 0 Å². The molecule has 0 heterocycles. The van der Waals surface area contributed by atoms with Gasteiger partial charge in [-0.05, 0) is 128 Å². The second-order valence-electron chi connectivity index (χ2n) is 14.0. The molecule has 0 amide bonds. The fourth-order valence-corrected chi connectivity index (χ4v) is 11.2. The molecule has 0 radical (unpaired) electrons. The molecule has 1 heteroatoms. The van der Waals surface area contributed by atoms with E-state index in [9.17, 15) is 5.11 Å². The van der Waals surface area contributed by atoms with E-state index < -0.39 is 0 Å². The highest BCUT2D eigenvalue weighted by molar-refractivity contribution is 5.19. The van der Waals surface area contributed by atoms with Gasteiger partial charge in [0.1, 0.15) is 0 Å². The molecular formula is C29H48O. The molecular weight excluding hydrogens is 364 g/mol. The molecule has 170 valence electrons. The Balaban J connectivity index is 1.53. The first-order chi connectivity index (χ1) is 14.0. The van der Waals surface area contributed by atoms with Crippen LogP contribution in [0.1, 0.15) is 106 Å². The van der Waals surface area contributed by atoms with E-state index in [1.807, 2.05) is 0 Å². The smallest absolute Gasteiger partial charge is 0.0594 e. The summed E-state index contributed by atoms with van der Waals surface area (Å²) >= 11 is 0. The molecule has 1 nitrogen and oxygen atoms in total. The largest absolute Gasteiger partial charge is 0.393 e. The van der Waals surface area contributed by atoms with Crippen molar-refractivity contribution >= 4 is 0 Å².